The molecule has 1 aliphatic rings. The second kappa shape index (κ2) is 7.94. The van der Waals surface area contributed by atoms with Crippen LogP contribution in [0.3, 0.4) is 0 Å². The van der Waals surface area contributed by atoms with Gasteiger partial charge in [0.15, 0.2) is 6.10 Å². The first-order valence-electron chi connectivity index (χ1n) is 8.89. The number of halogens is 1. The normalized spacial score (nSPS) is 18.0. The molecule has 1 saturated heterocycles. The van der Waals surface area contributed by atoms with E-state index in [1.54, 1.807) is 12.5 Å². The van der Waals surface area contributed by atoms with Crippen LogP contribution in [-0.4, -0.2) is 18.1 Å². The van der Waals surface area contributed by atoms with Gasteiger partial charge in [-0.25, -0.2) is 4.98 Å². The maximum absolute atomic E-state index is 6.45. The van der Waals surface area contributed by atoms with E-state index in [0.717, 1.165) is 37.2 Å². The lowest BCUT2D eigenvalue weighted by Gasteiger charge is -2.23. The van der Waals surface area contributed by atoms with Crippen LogP contribution >= 0.6 is 11.6 Å². The number of aromatic nitrogens is 1. The predicted octanol–water partition coefficient (Wildman–Crippen LogP) is 4.65. The van der Waals surface area contributed by atoms with Crippen molar-refractivity contribution in [2.24, 2.45) is 5.92 Å². The number of hydrogen-bond acceptors (Lipinski definition) is 4. The minimum absolute atomic E-state index is 0.212. The topological polar surface area (TPSA) is 47.3 Å². The molecule has 0 amide bonds. The maximum atomic E-state index is 6.45. The zero-order valence-corrected chi connectivity index (χ0v) is 15.2. The third-order valence-electron chi connectivity index (χ3n) is 4.74. The second-order valence-electron chi connectivity index (χ2n) is 6.58. The highest BCUT2D eigenvalue weighted by atomic mass is 35.5. The molecule has 0 unspecified atom stereocenters. The second-order valence-corrected chi connectivity index (χ2v) is 7.01. The van der Waals surface area contributed by atoms with Crippen molar-refractivity contribution < 1.29 is 9.15 Å². The molecule has 4 rings (SSSR count). The van der Waals surface area contributed by atoms with Crippen molar-refractivity contribution in [3.05, 3.63) is 83.0 Å². The first kappa shape index (κ1) is 17.1. The van der Waals surface area contributed by atoms with E-state index < -0.39 is 0 Å². The number of oxazole rings is 1. The van der Waals surface area contributed by atoms with E-state index in [1.807, 2.05) is 36.4 Å². The van der Waals surface area contributed by atoms with E-state index in [0.29, 0.717) is 16.8 Å². The Hall–Kier alpha value is -2.30. The van der Waals surface area contributed by atoms with Crippen molar-refractivity contribution in [2.45, 2.75) is 18.9 Å². The molecule has 5 heteroatoms. The van der Waals surface area contributed by atoms with Gasteiger partial charge in [0.2, 0.25) is 5.89 Å². The van der Waals surface area contributed by atoms with Gasteiger partial charge in [0.25, 0.3) is 0 Å². The fourth-order valence-electron chi connectivity index (χ4n) is 3.41. The lowest BCUT2D eigenvalue weighted by atomic mass is 10.0. The van der Waals surface area contributed by atoms with Gasteiger partial charge < -0.3 is 14.5 Å². The molecule has 1 aliphatic heterocycles. The molecule has 0 bridgehead atoms. The van der Waals surface area contributed by atoms with Crippen LogP contribution in [0.5, 0.6) is 5.75 Å². The molecule has 2 heterocycles. The summed E-state index contributed by atoms with van der Waals surface area (Å²) >= 11 is 6.25. The fraction of sp³-hybridized carbons (Fsp3) is 0.286. The van der Waals surface area contributed by atoms with E-state index in [4.69, 9.17) is 20.8 Å². The molecular weight excluding hydrogens is 348 g/mol. The zero-order valence-electron chi connectivity index (χ0n) is 14.4. The molecule has 0 spiro atoms. The van der Waals surface area contributed by atoms with Gasteiger partial charge in [-0.15, -0.1) is 0 Å². The fourth-order valence-corrected chi connectivity index (χ4v) is 3.61. The highest BCUT2D eigenvalue weighted by molar-refractivity contribution is 6.30. The Balaban J connectivity index is 1.63. The average molecular weight is 369 g/mol. The Morgan fingerprint density at radius 3 is 2.85 bits per heavy atom. The summed E-state index contributed by atoms with van der Waals surface area (Å²) < 4.78 is 12.0. The number of benzene rings is 2. The lowest BCUT2D eigenvalue weighted by molar-refractivity contribution is 0.113. The van der Waals surface area contributed by atoms with Gasteiger partial charge in [0.1, 0.15) is 12.0 Å². The summed E-state index contributed by atoms with van der Waals surface area (Å²) in [6.07, 6.45) is 4.85. The quantitative estimate of drug-likeness (QED) is 0.688. The molecule has 26 heavy (non-hydrogen) atoms. The Labute approximate surface area is 158 Å². The molecule has 2 atom stereocenters. The Morgan fingerprint density at radius 1 is 1.23 bits per heavy atom. The smallest absolute Gasteiger partial charge is 0.235 e. The number of nitrogens with zero attached hydrogens (tertiary/aromatic N) is 1. The van der Waals surface area contributed by atoms with Crippen LogP contribution in [0.4, 0.5) is 0 Å². The van der Waals surface area contributed by atoms with Crippen LogP contribution in [0.25, 0.3) is 0 Å². The molecule has 0 radical (unpaired) electrons. The third kappa shape index (κ3) is 3.92. The van der Waals surface area contributed by atoms with Gasteiger partial charge >= 0.3 is 0 Å². The van der Waals surface area contributed by atoms with Gasteiger partial charge in [-0.1, -0.05) is 41.9 Å². The monoisotopic (exact) mass is 368 g/mol. The molecule has 1 N–H and O–H groups in total. The lowest BCUT2D eigenvalue weighted by Crippen LogP contribution is -2.22. The Morgan fingerprint density at radius 2 is 2.12 bits per heavy atom. The van der Waals surface area contributed by atoms with Gasteiger partial charge in [-0.05, 0) is 36.7 Å². The van der Waals surface area contributed by atoms with E-state index >= 15 is 0 Å². The van der Waals surface area contributed by atoms with E-state index in [2.05, 4.69) is 22.4 Å². The van der Waals surface area contributed by atoms with Crippen LogP contribution in [-0.2, 0) is 6.42 Å². The summed E-state index contributed by atoms with van der Waals surface area (Å²) in [6, 6.07) is 16.1. The minimum Gasteiger partial charge on any atom is -0.480 e. The van der Waals surface area contributed by atoms with Crippen LogP contribution in [0, 0.1) is 5.92 Å². The van der Waals surface area contributed by atoms with Crippen molar-refractivity contribution >= 4 is 11.6 Å². The first-order valence-corrected chi connectivity index (χ1v) is 9.26. The number of hydrogen-bond donors (Lipinski definition) is 1. The summed E-state index contributed by atoms with van der Waals surface area (Å²) in [7, 11) is 0. The van der Waals surface area contributed by atoms with Crippen LogP contribution < -0.4 is 10.1 Å². The molecule has 134 valence electrons. The van der Waals surface area contributed by atoms with Crippen LogP contribution in [0.15, 0.2) is 65.4 Å². The standard InChI is InChI=1S/C21H21ClN2O2/c22-18-6-7-19(17(13-18)12-15-4-2-1-3-5-15)26-20(16-8-9-23-14-16)21-24-10-11-25-21/h1-7,10-11,13,16,20,23H,8-9,12,14H2/t16-,20+/m0/s1. The van der Waals surface area contributed by atoms with Gasteiger partial charge in [0.05, 0.1) is 6.20 Å². The van der Waals surface area contributed by atoms with E-state index in [9.17, 15) is 0 Å². The summed E-state index contributed by atoms with van der Waals surface area (Å²) in [5, 5.41) is 4.10. The van der Waals surface area contributed by atoms with Gasteiger partial charge in [-0.3, -0.25) is 0 Å². The number of nitrogens with one attached hydrogen (secondary N) is 1. The van der Waals surface area contributed by atoms with Crippen molar-refractivity contribution in [2.75, 3.05) is 13.1 Å². The summed E-state index contributed by atoms with van der Waals surface area (Å²) in [4.78, 5) is 4.34. The number of ether oxygens (including phenoxy) is 1. The average Bonchev–Trinajstić information content (AvgIpc) is 3.36. The van der Waals surface area contributed by atoms with Gasteiger partial charge in [-0.2, -0.15) is 0 Å². The van der Waals surface area contributed by atoms with Crippen molar-refractivity contribution in [1.82, 2.24) is 10.3 Å². The summed E-state index contributed by atoms with van der Waals surface area (Å²) in [5.74, 6) is 1.78. The molecule has 0 aliphatic carbocycles. The maximum Gasteiger partial charge on any atom is 0.235 e. The minimum atomic E-state index is -0.212. The third-order valence-corrected chi connectivity index (χ3v) is 4.97. The Bertz CT molecular complexity index is 830. The van der Waals surface area contributed by atoms with Crippen molar-refractivity contribution in [3.8, 4) is 5.75 Å². The summed E-state index contributed by atoms with van der Waals surface area (Å²) in [5.41, 5.74) is 2.28. The largest absolute Gasteiger partial charge is 0.480 e. The Kier molecular flexibility index (Phi) is 5.23. The van der Waals surface area contributed by atoms with Gasteiger partial charge in [0, 0.05) is 29.5 Å². The van der Waals surface area contributed by atoms with Crippen molar-refractivity contribution in [3.63, 3.8) is 0 Å². The van der Waals surface area contributed by atoms with E-state index in [-0.39, 0.29) is 6.10 Å². The number of rotatable bonds is 6. The molecule has 1 aromatic heterocycles. The van der Waals surface area contributed by atoms with E-state index in [1.165, 1.54) is 5.56 Å². The van der Waals surface area contributed by atoms with Crippen LogP contribution in [0.1, 0.15) is 29.5 Å². The molecular formula is C21H21ClN2O2. The van der Waals surface area contributed by atoms with Crippen LogP contribution in [0.2, 0.25) is 5.02 Å². The molecule has 3 aromatic rings. The molecule has 0 saturated carbocycles. The summed E-state index contributed by atoms with van der Waals surface area (Å²) in [6.45, 7) is 1.89. The molecule has 2 aromatic carbocycles. The predicted molar refractivity (Wildman–Crippen MR) is 102 cm³/mol. The van der Waals surface area contributed by atoms with Crippen molar-refractivity contribution in [1.29, 1.82) is 0 Å². The molecule has 1 fully saturated rings. The zero-order chi connectivity index (χ0) is 17.8. The molecule has 4 nitrogen and oxygen atoms in total. The first-order chi connectivity index (χ1) is 12.8. The highest BCUT2D eigenvalue weighted by Gasteiger charge is 2.31. The SMILES string of the molecule is Clc1ccc(O[C@@H](c2ncco2)[C@H]2CCNC2)c(Cc2ccccc2)c1. The highest BCUT2D eigenvalue weighted by Crippen LogP contribution is 2.34.